The molecular weight excluding hydrogens is 321 g/mol. The van der Waals surface area contributed by atoms with Gasteiger partial charge in [-0.3, -0.25) is 4.79 Å². The third kappa shape index (κ3) is 4.12. The van der Waals surface area contributed by atoms with E-state index in [1.807, 2.05) is 0 Å². The Bertz CT molecular complexity index is 877. The summed E-state index contributed by atoms with van der Waals surface area (Å²) in [5.74, 6) is -0.574. The van der Waals surface area contributed by atoms with Gasteiger partial charge in [0.05, 0.1) is 5.56 Å². The molecular formula is C20H16FNO3. The monoisotopic (exact) mass is 337 g/mol. The van der Waals surface area contributed by atoms with Crippen LogP contribution in [0.2, 0.25) is 0 Å². The number of carbonyl (C=O) groups is 2. The summed E-state index contributed by atoms with van der Waals surface area (Å²) in [6.07, 6.45) is 6.71. The largest absolute Gasteiger partial charge is 0.477 e. The standard InChI is InChI=1S/C20H16FNO3/c1-3-13-8-10-15(11-9-13)22-12-17(20(24)25)19(23)16-7-5-6-14(4-2)18(16)21/h1,5-12,22H,4H2,2H3,(H,24,25). The molecule has 0 fully saturated rings. The molecule has 2 N–H and O–H groups in total. The van der Waals surface area contributed by atoms with E-state index in [0.717, 1.165) is 6.20 Å². The molecule has 0 bridgehead atoms. The topological polar surface area (TPSA) is 66.4 Å². The van der Waals surface area contributed by atoms with Crippen molar-refractivity contribution >= 4 is 17.4 Å². The molecule has 0 spiro atoms. The van der Waals surface area contributed by atoms with Crippen molar-refractivity contribution < 1.29 is 19.1 Å². The van der Waals surface area contributed by atoms with Crippen LogP contribution in [0.4, 0.5) is 10.1 Å². The highest BCUT2D eigenvalue weighted by Crippen LogP contribution is 2.18. The van der Waals surface area contributed by atoms with Crippen LogP contribution in [0.1, 0.15) is 28.4 Å². The highest BCUT2D eigenvalue weighted by Gasteiger charge is 2.23. The van der Waals surface area contributed by atoms with Gasteiger partial charge in [0.25, 0.3) is 0 Å². The lowest BCUT2D eigenvalue weighted by Gasteiger charge is -2.08. The van der Waals surface area contributed by atoms with Crippen molar-refractivity contribution in [2.24, 2.45) is 0 Å². The molecule has 0 saturated heterocycles. The third-order valence-corrected chi connectivity index (χ3v) is 3.61. The molecule has 4 nitrogen and oxygen atoms in total. The van der Waals surface area contributed by atoms with Gasteiger partial charge in [-0.15, -0.1) is 6.42 Å². The lowest BCUT2D eigenvalue weighted by molar-refractivity contribution is -0.132. The summed E-state index contributed by atoms with van der Waals surface area (Å²) in [5, 5.41) is 12.0. The van der Waals surface area contributed by atoms with Crippen LogP contribution in [-0.2, 0) is 11.2 Å². The second-order valence-corrected chi connectivity index (χ2v) is 5.19. The number of ketones is 1. The van der Waals surface area contributed by atoms with E-state index in [0.29, 0.717) is 23.2 Å². The van der Waals surface area contributed by atoms with Crippen molar-refractivity contribution in [3.63, 3.8) is 0 Å². The zero-order chi connectivity index (χ0) is 18.4. The number of hydrogen-bond donors (Lipinski definition) is 2. The number of halogens is 1. The number of nitrogens with one attached hydrogen (secondary N) is 1. The fourth-order valence-corrected chi connectivity index (χ4v) is 2.22. The molecule has 0 aromatic heterocycles. The van der Waals surface area contributed by atoms with Crippen molar-refractivity contribution in [1.82, 2.24) is 0 Å². The number of aliphatic carboxylic acids is 1. The van der Waals surface area contributed by atoms with Crippen LogP contribution < -0.4 is 5.32 Å². The first kappa shape index (κ1) is 18.0. The summed E-state index contributed by atoms with van der Waals surface area (Å²) in [5.41, 5.74) is 0.745. The zero-order valence-corrected chi connectivity index (χ0v) is 13.5. The summed E-state index contributed by atoms with van der Waals surface area (Å²) < 4.78 is 14.3. The number of hydrogen-bond acceptors (Lipinski definition) is 3. The van der Waals surface area contributed by atoms with Crippen LogP contribution >= 0.6 is 0 Å². The maximum Gasteiger partial charge on any atom is 0.341 e. The second-order valence-electron chi connectivity index (χ2n) is 5.19. The minimum absolute atomic E-state index is 0.266. The molecule has 25 heavy (non-hydrogen) atoms. The van der Waals surface area contributed by atoms with E-state index in [1.165, 1.54) is 12.1 Å². The fourth-order valence-electron chi connectivity index (χ4n) is 2.22. The Hall–Kier alpha value is -3.39. The third-order valence-electron chi connectivity index (χ3n) is 3.61. The van der Waals surface area contributed by atoms with E-state index in [-0.39, 0.29) is 5.56 Å². The van der Waals surface area contributed by atoms with Crippen molar-refractivity contribution in [2.75, 3.05) is 5.32 Å². The molecule has 2 aromatic carbocycles. The Morgan fingerprint density at radius 3 is 2.48 bits per heavy atom. The molecule has 0 heterocycles. The van der Waals surface area contributed by atoms with Gasteiger partial charge in [-0.05, 0) is 42.3 Å². The van der Waals surface area contributed by atoms with E-state index in [1.54, 1.807) is 37.3 Å². The van der Waals surface area contributed by atoms with E-state index in [2.05, 4.69) is 11.2 Å². The van der Waals surface area contributed by atoms with Gasteiger partial charge in [0.15, 0.2) is 0 Å². The number of carbonyl (C=O) groups excluding carboxylic acids is 1. The van der Waals surface area contributed by atoms with E-state index in [4.69, 9.17) is 6.42 Å². The molecule has 5 heteroatoms. The Balaban J connectivity index is 2.32. The van der Waals surface area contributed by atoms with Crippen molar-refractivity contribution in [2.45, 2.75) is 13.3 Å². The first-order valence-corrected chi connectivity index (χ1v) is 7.56. The highest BCUT2D eigenvalue weighted by atomic mass is 19.1. The van der Waals surface area contributed by atoms with Gasteiger partial charge in [0.2, 0.25) is 5.78 Å². The van der Waals surface area contributed by atoms with Gasteiger partial charge in [0, 0.05) is 17.5 Å². The Morgan fingerprint density at radius 2 is 1.92 bits per heavy atom. The molecule has 0 aliphatic carbocycles. The summed E-state index contributed by atoms with van der Waals surface area (Å²) in [7, 11) is 0. The van der Waals surface area contributed by atoms with Crippen molar-refractivity contribution in [3.8, 4) is 12.3 Å². The van der Waals surface area contributed by atoms with Gasteiger partial charge in [-0.25, -0.2) is 9.18 Å². The van der Waals surface area contributed by atoms with Crippen LogP contribution in [0, 0.1) is 18.2 Å². The number of benzene rings is 2. The Kier molecular flexibility index (Phi) is 5.70. The SMILES string of the molecule is C#Cc1ccc(NC=C(C(=O)O)C(=O)c2cccc(CC)c2F)cc1. The lowest BCUT2D eigenvalue weighted by Crippen LogP contribution is -2.16. The maximum absolute atomic E-state index is 14.3. The number of terminal acetylenes is 1. The van der Waals surface area contributed by atoms with Crippen LogP contribution in [0.25, 0.3) is 0 Å². The number of Topliss-reactive ketones (excluding diaryl/α,β-unsaturated/α-hetero) is 1. The number of carboxylic acids is 1. The molecule has 2 rings (SSSR count). The normalized spacial score (nSPS) is 10.8. The predicted octanol–water partition coefficient (Wildman–Crippen LogP) is 3.63. The molecule has 0 radical (unpaired) electrons. The number of anilines is 1. The summed E-state index contributed by atoms with van der Waals surface area (Å²) in [6, 6.07) is 11.0. The fraction of sp³-hybridized carbons (Fsp3) is 0.100. The van der Waals surface area contributed by atoms with E-state index >= 15 is 0 Å². The first-order valence-electron chi connectivity index (χ1n) is 7.56. The van der Waals surface area contributed by atoms with Crippen LogP contribution in [0.15, 0.2) is 54.2 Å². The molecule has 0 aliphatic rings. The van der Waals surface area contributed by atoms with Crippen LogP contribution in [0.3, 0.4) is 0 Å². The number of rotatable bonds is 6. The molecule has 0 amide bonds. The van der Waals surface area contributed by atoms with E-state index in [9.17, 15) is 19.1 Å². The van der Waals surface area contributed by atoms with Crippen molar-refractivity contribution in [1.29, 1.82) is 0 Å². The molecule has 0 saturated carbocycles. The molecule has 0 atom stereocenters. The Labute approximate surface area is 145 Å². The average Bonchev–Trinajstić information content (AvgIpc) is 2.62. The summed E-state index contributed by atoms with van der Waals surface area (Å²) in [6.45, 7) is 1.75. The van der Waals surface area contributed by atoms with Gasteiger partial charge in [-0.2, -0.15) is 0 Å². The van der Waals surface area contributed by atoms with Crippen molar-refractivity contribution in [3.05, 3.63) is 76.7 Å². The Morgan fingerprint density at radius 1 is 1.24 bits per heavy atom. The maximum atomic E-state index is 14.3. The van der Waals surface area contributed by atoms with Gasteiger partial charge >= 0.3 is 5.97 Å². The van der Waals surface area contributed by atoms with E-state index < -0.39 is 23.1 Å². The van der Waals surface area contributed by atoms with Crippen LogP contribution in [-0.4, -0.2) is 16.9 Å². The summed E-state index contributed by atoms with van der Waals surface area (Å²) in [4.78, 5) is 23.9. The average molecular weight is 337 g/mol. The second kappa shape index (κ2) is 7.93. The lowest BCUT2D eigenvalue weighted by atomic mass is 10.00. The molecule has 0 unspecified atom stereocenters. The molecule has 2 aromatic rings. The smallest absolute Gasteiger partial charge is 0.341 e. The van der Waals surface area contributed by atoms with Crippen LogP contribution in [0.5, 0.6) is 0 Å². The van der Waals surface area contributed by atoms with Gasteiger partial charge in [-0.1, -0.05) is 25.0 Å². The predicted molar refractivity (Wildman–Crippen MR) is 93.8 cm³/mol. The highest BCUT2D eigenvalue weighted by molar-refractivity contribution is 6.24. The summed E-state index contributed by atoms with van der Waals surface area (Å²) >= 11 is 0. The molecule has 126 valence electrons. The first-order chi connectivity index (χ1) is 12.0. The molecule has 0 aliphatic heterocycles. The van der Waals surface area contributed by atoms with Gasteiger partial charge < -0.3 is 10.4 Å². The minimum atomic E-state index is -1.45. The quantitative estimate of drug-likeness (QED) is 0.278. The van der Waals surface area contributed by atoms with Gasteiger partial charge in [0.1, 0.15) is 11.4 Å². The number of carboxylic acid groups (broad SMARTS) is 1. The zero-order valence-electron chi connectivity index (χ0n) is 13.5. The minimum Gasteiger partial charge on any atom is -0.477 e. The number of aryl methyl sites for hydroxylation is 1.